The second-order valence-corrected chi connectivity index (χ2v) is 6.35. The van der Waals surface area contributed by atoms with Crippen molar-refractivity contribution in [3.05, 3.63) is 0 Å². The van der Waals surface area contributed by atoms with E-state index in [4.69, 9.17) is 10.00 Å². The molecule has 21 heavy (non-hydrogen) atoms. The molecule has 0 aromatic rings. The van der Waals surface area contributed by atoms with Crippen molar-refractivity contribution in [2.45, 2.75) is 52.1 Å². The summed E-state index contributed by atoms with van der Waals surface area (Å²) < 4.78 is 5.39. The standard InChI is InChI=1S/C15H25N3O3/c1-15(2,3)21-14(20)18-10-6-4-5-7-12(11-18)13(19)17-9-8-16/h12H,4-7,9-11H2,1-3H3,(H,17,19). The lowest BCUT2D eigenvalue weighted by molar-refractivity contribution is -0.125. The zero-order chi connectivity index (χ0) is 15.9. The zero-order valence-corrected chi connectivity index (χ0v) is 13.1. The smallest absolute Gasteiger partial charge is 0.410 e. The maximum atomic E-state index is 12.2. The van der Waals surface area contributed by atoms with Crippen LogP contribution in [-0.2, 0) is 9.53 Å². The molecule has 2 amide bonds. The van der Waals surface area contributed by atoms with E-state index < -0.39 is 5.60 Å². The highest BCUT2D eigenvalue weighted by atomic mass is 16.6. The summed E-state index contributed by atoms with van der Waals surface area (Å²) in [5.41, 5.74) is -0.544. The van der Waals surface area contributed by atoms with E-state index in [1.54, 1.807) is 4.90 Å². The van der Waals surface area contributed by atoms with E-state index in [-0.39, 0.29) is 24.5 Å². The Kier molecular flexibility index (Phi) is 6.47. The van der Waals surface area contributed by atoms with Crippen molar-refractivity contribution in [1.29, 1.82) is 5.26 Å². The summed E-state index contributed by atoms with van der Waals surface area (Å²) in [5, 5.41) is 11.1. The molecule has 0 bridgehead atoms. The summed E-state index contributed by atoms with van der Waals surface area (Å²) in [6, 6.07) is 1.89. The van der Waals surface area contributed by atoms with E-state index in [0.717, 1.165) is 25.7 Å². The monoisotopic (exact) mass is 295 g/mol. The molecule has 118 valence electrons. The number of likely N-dealkylation sites (tertiary alicyclic amines) is 1. The lowest BCUT2D eigenvalue weighted by atomic mass is 9.97. The molecule has 0 aromatic carbocycles. The fraction of sp³-hybridized carbons (Fsp3) is 0.800. The minimum Gasteiger partial charge on any atom is -0.444 e. The molecule has 0 saturated carbocycles. The van der Waals surface area contributed by atoms with Gasteiger partial charge in [-0.05, 0) is 33.6 Å². The predicted octanol–water partition coefficient (Wildman–Crippen LogP) is 2.05. The first kappa shape index (κ1) is 17.3. The first-order valence-electron chi connectivity index (χ1n) is 7.46. The normalized spacial score (nSPS) is 19.9. The third-order valence-electron chi connectivity index (χ3n) is 3.29. The van der Waals surface area contributed by atoms with Gasteiger partial charge in [-0.15, -0.1) is 0 Å². The van der Waals surface area contributed by atoms with Crippen LogP contribution >= 0.6 is 0 Å². The number of hydrogen-bond donors (Lipinski definition) is 1. The summed E-state index contributed by atoms with van der Waals surface area (Å²) >= 11 is 0. The Morgan fingerprint density at radius 1 is 1.33 bits per heavy atom. The van der Waals surface area contributed by atoms with E-state index in [2.05, 4.69) is 5.32 Å². The van der Waals surface area contributed by atoms with Crippen LogP contribution in [0.1, 0.15) is 46.5 Å². The largest absolute Gasteiger partial charge is 0.444 e. The molecule has 1 aliphatic rings. The van der Waals surface area contributed by atoms with Gasteiger partial charge >= 0.3 is 6.09 Å². The highest BCUT2D eigenvalue weighted by Crippen LogP contribution is 2.19. The maximum Gasteiger partial charge on any atom is 0.410 e. The fourth-order valence-corrected chi connectivity index (χ4v) is 2.30. The first-order valence-corrected chi connectivity index (χ1v) is 7.46. The van der Waals surface area contributed by atoms with Crippen molar-refractivity contribution in [1.82, 2.24) is 10.2 Å². The molecule has 6 nitrogen and oxygen atoms in total. The van der Waals surface area contributed by atoms with Crippen LogP contribution in [0.3, 0.4) is 0 Å². The Bertz CT molecular complexity index is 409. The summed E-state index contributed by atoms with van der Waals surface area (Å²) in [6.45, 7) is 6.44. The molecule has 1 atom stereocenters. The number of carbonyl (C=O) groups is 2. The summed E-state index contributed by atoms with van der Waals surface area (Å²) in [4.78, 5) is 25.8. The van der Waals surface area contributed by atoms with Crippen LogP contribution in [-0.4, -0.2) is 42.1 Å². The minimum atomic E-state index is -0.544. The third kappa shape index (κ3) is 6.48. The second-order valence-electron chi connectivity index (χ2n) is 6.35. The molecule has 1 aliphatic heterocycles. The van der Waals surface area contributed by atoms with E-state index in [0.29, 0.717) is 13.1 Å². The second kappa shape index (κ2) is 7.87. The Hall–Kier alpha value is -1.77. The quantitative estimate of drug-likeness (QED) is 0.790. The van der Waals surface area contributed by atoms with Gasteiger partial charge in [-0.25, -0.2) is 4.79 Å². The van der Waals surface area contributed by atoms with Gasteiger partial charge in [-0.3, -0.25) is 4.79 Å². The van der Waals surface area contributed by atoms with Crippen LogP contribution in [0.2, 0.25) is 0 Å². The SMILES string of the molecule is CC(C)(C)OC(=O)N1CCCCCC(C(=O)NCC#N)C1. The molecule has 1 N–H and O–H groups in total. The van der Waals surface area contributed by atoms with Gasteiger partial charge < -0.3 is 15.0 Å². The Morgan fingerprint density at radius 2 is 2.05 bits per heavy atom. The van der Waals surface area contributed by atoms with Crippen molar-refractivity contribution >= 4 is 12.0 Å². The van der Waals surface area contributed by atoms with Crippen molar-refractivity contribution in [3.63, 3.8) is 0 Å². The molecule has 1 saturated heterocycles. The molecule has 0 aromatic heterocycles. The number of amides is 2. The zero-order valence-electron chi connectivity index (χ0n) is 13.1. The van der Waals surface area contributed by atoms with Crippen molar-refractivity contribution in [3.8, 4) is 6.07 Å². The van der Waals surface area contributed by atoms with Gasteiger partial charge in [0, 0.05) is 13.1 Å². The van der Waals surface area contributed by atoms with Gasteiger partial charge in [0.15, 0.2) is 0 Å². The highest BCUT2D eigenvalue weighted by Gasteiger charge is 2.28. The summed E-state index contributed by atoms with van der Waals surface area (Å²) in [5.74, 6) is -0.432. The third-order valence-corrected chi connectivity index (χ3v) is 3.29. The molecule has 1 fully saturated rings. The van der Waals surface area contributed by atoms with Crippen LogP contribution < -0.4 is 5.32 Å². The lowest BCUT2D eigenvalue weighted by Gasteiger charge is -2.31. The van der Waals surface area contributed by atoms with Crippen LogP contribution in [0.5, 0.6) is 0 Å². The van der Waals surface area contributed by atoms with Crippen LogP contribution in [0.4, 0.5) is 4.79 Å². The Labute approximate surface area is 126 Å². The molecule has 0 aliphatic carbocycles. The lowest BCUT2D eigenvalue weighted by Crippen LogP contribution is -2.44. The molecule has 1 heterocycles. The van der Waals surface area contributed by atoms with Gasteiger partial charge in [0.2, 0.25) is 5.91 Å². The van der Waals surface area contributed by atoms with Crippen LogP contribution in [0.15, 0.2) is 0 Å². The van der Waals surface area contributed by atoms with Crippen molar-refractivity contribution in [2.75, 3.05) is 19.6 Å². The fourth-order valence-electron chi connectivity index (χ4n) is 2.30. The maximum absolute atomic E-state index is 12.2. The van der Waals surface area contributed by atoms with Gasteiger partial charge in [-0.2, -0.15) is 5.26 Å². The molecule has 1 rings (SSSR count). The molecule has 0 spiro atoms. The van der Waals surface area contributed by atoms with E-state index in [9.17, 15) is 9.59 Å². The number of rotatable bonds is 2. The number of carbonyl (C=O) groups excluding carboxylic acids is 2. The van der Waals surface area contributed by atoms with E-state index in [1.165, 1.54) is 0 Å². The van der Waals surface area contributed by atoms with E-state index in [1.807, 2.05) is 26.8 Å². The van der Waals surface area contributed by atoms with Gasteiger partial charge in [-0.1, -0.05) is 12.8 Å². The van der Waals surface area contributed by atoms with E-state index >= 15 is 0 Å². The predicted molar refractivity (Wildman–Crippen MR) is 78.4 cm³/mol. The van der Waals surface area contributed by atoms with Crippen molar-refractivity contribution < 1.29 is 14.3 Å². The van der Waals surface area contributed by atoms with Gasteiger partial charge in [0.05, 0.1) is 12.0 Å². The molecule has 1 unspecified atom stereocenters. The van der Waals surface area contributed by atoms with Crippen molar-refractivity contribution in [2.24, 2.45) is 5.92 Å². The van der Waals surface area contributed by atoms with Gasteiger partial charge in [0.25, 0.3) is 0 Å². The number of nitrogens with zero attached hydrogens (tertiary/aromatic N) is 2. The molecule has 6 heteroatoms. The molecular weight excluding hydrogens is 270 g/mol. The Morgan fingerprint density at radius 3 is 2.67 bits per heavy atom. The first-order chi connectivity index (χ1) is 9.83. The molecule has 0 radical (unpaired) electrons. The minimum absolute atomic E-state index is 0.00176. The average molecular weight is 295 g/mol. The van der Waals surface area contributed by atoms with Gasteiger partial charge in [0.1, 0.15) is 12.1 Å². The highest BCUT2D eigenvalue weighted by molar-refractivity contribution is 5.80. The summed E-state index contributed by atoms with van der Waals surface area (Å²) in [7, 11) is 0. The summed E-state index contributed by atoms with van der Waals surface area (Å²) in [6.07, 6.45) is 3.23. The van der Waals surface area contributed by atoms with Crippen LogP contribution in [0.25, 0.3) is 0 Å². The number of ether oxygens (including phenoxy) is 1. The number of nitrogens with one attached hydrogen (secondary N) is 1. The van der Waals surface area contributed by atoms with Crippen LogP contribution in [0, 0.1) is 17.2 Å². The average Bonchev–Trinajstić information content (AvgIpc) is 2.33. The topological polar surface area (TPSA) is 82.4 Å². The Balaban J connectivity index is 2.67. The number of hydrogen-bond acceptors (Lipinski definition) is 4. The number of nitriles is 1. The molecular formula is C15H25N3O3.